The number of nitrogens with zero attached hydrogens (tertiary/aromatic N) is 6. The third kappa shape index (κ3) is 25.6. The molecule has 0 saturated carbocycles. The van der Waals surface area contributed by atoms with Crippen LogP contribution in [0, 0.1) is 41.4 Å². The minimum atomic E-state index is -1.56. The normalized spacial score (nSPS) is 15.7. The van der Waals surface area contributed by atoms with Gasteiger partial charge in [-0.15, -0.1) is 0 Å². The lowest BCUT2D eigenvalue weighted by Crippen LogP contribution is -2.64. The zero-order valence-corrected chi connectivity index (χ0v) is 59.4. The standard InChI is InChI=1S/C65H117N11O14/c1-27-29-30-42(15)55(90-45(18)77)54(59(82)69-46(28-2)61(84)71(20)35-51(78)89-26)76(25)65(88)53(41(13)14)75(24)63(86)50(34-39(9)10)74(23)62(85)49(33-38(7)8)73(22)60(83)44(17)68-56(79)43(16)67-58(81)48(32-37(5)6)72(21)64(87)52(40(11)12)70-57(80)47(66-19)31-36(3)4/h27,29,36-44,46-50,52-55,66H,28,30-35H2,1-26H3,(H,67,81)(H,68,79)(H,69,82)(H,70,80). The summed E-state index contributed by atoms with van der Waals surface area (Å²) in [7, 11) is 11.4. The maximum absolute atomic E-state index is 15.2. The van der Waals surface area contributed by atoms with E-state index >= 15 is 14.4 Å². The Labute approximate surface area is 538 Å². The highest BCUT2D eigenvalue weighted by molar-refractivity contribution is 5.99. The van der Waals surface area contributed by atoms with Crippen LogP contribution in [0.4, 0.5) is 0 Å². The Balaban J connectivity index is 7.17. The molecule has 516 valence electrons. The Morgan fingerprint density at radius 1 is 0.467 bits per heavy atom. The molecule has 12 unspecified atom stereocenters. The van der Waals surface area contributed by atoms with Gasteiger partial charge in [0.05, 0.1) is 13.2 Å². The van der Waals surface area contributed by atoms with Crippen molar-refractivity contribution in [2.24, 2.45) is 41.4 Å². The van der Waals surface area contributed by atoms with Gasteiger partial charge in [0.2, 0.25) is 59.1 Å². The minimum absolute atomic E-state index is 0.0684. The number of methoxy groups -OCH3 is 1. The monoisotopic (exact) mass is 1280 g/mol. The number of likely N-dealkylation sites (N-methyl/N-ethyl adjacent to an activating group) is 7. The molecule has 0 aromatic carbocycles. The van der Waals surface area contributed by atoms with Gasteiger partial charge >= 0.3 is 11.9 Å². The van der Waals surface area contributed by atoms with Crippen LogP contribution in [0.5, 0.6) is 0 Å². The molecule has 0 fully saturated rings. The van der Waals surface area contributed by atoms with Crippen molar-refractivity contribution in [3.8, 4) is 0 Å². The van der Waals surface area contributed by atoms with Gasteiger partial charge in [-0.25, -0.2) is 0 Å². The first-order valence-corrected chi connectivity index (χ1v) is 31.9. The van der Waals surface area contributed by atoms with Gasteiger partial charge in [-0.2, -0.15) is 0 Å². The number of esters is 2. The van der Waals surface area contributed by atoms with Crippen molar-refractivity contribution in [2.75, 3.05) is 63.0 Å². The molecule has 0 aliphatic carbocycles. The minimum Gasteiger partial charge on any atom is -0.468 e. The third-order valence-electron chi connectivity index (χ3n) is 16.1. The molecule has 25 heteroatoms. The van der Waals surface area contributed by atoms with Crippen LogP contribution in [0.15, 0.2) is 12.2 Å². The first-order chi connectivity index (χ1) is 41.6. The van der Waals surface area contributed by atoms with E-state index in [9.17, 15) is 43.2 Å². The molecule has 0 aliphatic rings. The third-order valence-corrected chi connectivity index (χ3v) is 16.1. The lowest BCUT2D eigenvalue weighted by Gasteiger charge is -2.42. The molecular formula is C65H117N11O14. The molecule has 0 aromatic rings. The summed E-state index contributed by atoms with van der Waals surface area (Å²) in [5, 5.41) is 14.0. The first kappa shape index (κ1) is 83.3. The van der Waals surface area contributed by atoms with Crippen molar-refractivity contribution >= 4 is 71.0 Å². The number of hydrogen-bond donors (Lipinski definition) is 5. The van der Waals surface area contributed by atoms with Crippen LogP contribution in [0.1, 0.15) is 163 Å². The molecule has 0 aliphatic heterocycles. The topological polar surface area (TPSA) is 303 Å². The van der Waals surface area contributed by atoms with E-state index in [0.717, 1.165) is 9.80 Å². The van der Waals surface area contributed by atoms with Gasteiger partial charge in [0, 0.05) is 49.2 Å². The Kier molecular flexibility index (Phi) is 36.6. The second-order valence-corrected chi connectivity index (χ2v) is 26.6. The molecule has 0 saturated heterocycles. The summed E-state index contributed by atoms with van der Waals surface area (Å²) in [6.07, 6.45) is 3.74. The van der Waals surface area contributed by atoms with Crippen molar-refractivity contribution in [3.63, 3.8) is 0 Å². The molecule has 0 bridgehead atoms. The first-order valence-electron chi connectivity index (χ1n) is 31.9. The second kappa shape index (κ2) is 39.6. The Morgan fingerprint density at radius 3 is 1.36 bits per heavy atom. The summed E-state index contributed by atoms with van der Waals surface area (Å²) in [4.78, 5) is 176. The highest BCUT2D eigenvalue weighted by atomic mass is 16.5. The zero-order chi connectivity index (χ0) is 70.1. The largest absolute Gasteiger partial charge is 0.468 e. The summed E-state index contributed by atoms with van der Waals surface area (Å²) in [5.74, 6) is -9.41. The molecule has 0 radical (unpaired) electrons. The summed E-state index contributed by atoms with van der Waals surface area (Å²) in [6.45, 7) is 31.1. The molecule has 0 aromatic heterocycles. The van der Waals surface area contributed by atoms with Crippen LogP contribution in [0.3, 0.4) is 0 Å². The lowest BCUT2D eigenvalue weighted by atomic mass is 9.91. The zero-order valence-electron chi connectivity index (χ0n) is 59.4. The Bertz CT molecular complexity index is 2430. The summed E-state index contributed by atoms with van der Waals surface area (Å²) < 4.78 is 10.6. The Morgan fingerprint density at radius 2 is 0.922 bits per heavy atom. The number of rotatable bonds is 38. The number of nitrogens with one attached hydrogen (secondary N) is 5. The quantitative estimate of drug-likeness (QED) is 0.0434. The highest BCUT2D eigenvalue weighted by Crippen LogP contribution is 2.27. The highest BCUT2D eigenvalue weighted by Gasteiger charge is 2.46. The van der Waals surface area contributed by atoms with Crippen molar-refractivity contribution in [2.45, 2.75) is 230 Å². The average Bonchev–Trinajstić information content (AvgIpc) is 0.992. The van der Waals surface area contributed by atoms with E-state index in [1.54, 1.807) is 61.6 Å². The summed E-state index contributed by atoms with van der Waals surface area (Å²) >= 11 is 0. The molecule has 0 heterocycles. The van der Waals surface area contributed by atoms with Crippen molar-refractivity contribution in [1.29, 1.82) is 0 Å². The Hall–Kier alpha value is -6.66. The lowest BCUT2D eigenvalue weighted by molar-refractivity contribution is -0.164. The number of amides is 10. The predicted octanol–water partition coefficient (Wildman–Crippen LogP) is 3.76. The number of allylic oxidation sites excluding steroid dienone is 2. The van der Waals surface area contributed by atoms with Gasteiger partial charge < -0.3 is 65.5 Å². The van der Waals surface area contributed by atoms with E-state index in [-0.39, 0.29) is 61.2 Å². The summed E-state index contributed by atoms with van der Waals surface area (Å²) in [6, 6.07) is -11.4. The molecule has 10 amide bonds. The van der Waals surface area contributed by atoms with Crippen molar-refractivity contribution in [1.82, 2.24) is 56.0 Å². The SMILES string of the molecule is CC=CCC(C)C(OC(C)=O)C(C(=O)NC(CC)C(=O)N(C)CC(=O)OC)N(C)C(=O)C(C(C)C)N(C)C(=O)C(CC(C)C)N(C)C(=O)C(CC(C)C)N(C)C(=O)C(C)NC(=O)C(C)NC(=O)C(CC(C)C)N(C)C(=O)C(NC(=O)C(CC(C)C)NC)C(C)C. The van der Waals surface area contributed by atoms with E-state index in [1.807, 2.05) is 61.5 Å². The van der Waals surface area contributed by atoms with Gasteiger partial charge in [0.25, 0.3) is 0 Å². The van der Waals surface area contributed by atoms with Gasteiger partial charge in [-0.1, -0.05) is 109 Å². The smallest absolute Gasteiger partial charge is 0.325 e. The maximum Gasteiger partial charge on any atom is 0.325 e. The molecule has 5 N–H and O–H groups in total. The van der Waals surface area contributed by atoms with E-state index in [0.29, 0.717) is 12.8 Å². The molecule has 25 nitrogen and oxygen atoms in total. The number of carbonyl (C=O) groups is 12. The van der Waals surface area contributed by atoms with Gasteiger partial charge in [0.1, 0.15) is 67.0 Å². The van der Waals surface area contributed by atoms with Crippen LogP contribution < -0.4 is 26.6 Å². The van der Waals surface area contributed by atoms with Crippen molar-refractivity contribution < 1.29 is 67.0 Å². The fourth-order valence-corrected chi connectivity index (χ4v) is 10.7. The summed E-state index contributed by atoms with van der Waals surface area (Å²) in [5.41, 5.74) is 0. The van der Waals surface area contributed by atoms with Crippen LogP contribution in [0.25, 0.3) is 0 Å². The maximum atomic E-state index is 15.2. The average molecular weight is 1280 g/mol. The fraction of sp³-hybridized carbons (Fsp3) is 0.785. The number of ether oxygens (including phenoxy) is 2. The second-order valence-electron chi connectivity index (χ2n) is 26.6. The molecule has 12 atom stereocenters. The number of carbonyl (C=O) groups excluding carboxylic acids is 12. The van der Waals surface area contributed by atoms with Crippen LogP contribution in [-0.2, 0) is 67.0 Å². The molecular weight excluding hydrogens is 1160 g/mol. The van der Waals surface area contributed by atoms with Crippen molar-refractivity contribution in [3.05, 3.63) is 12.2 Å². The van der Waals surface area contributed by atoms with E-state index in [4.69, 9.17) is 9.47 Å². The molecule has 0 spiro atoms. The molecule has 90 heavy (non-hydrogen) atoms. The number of hydrogen-bond acceptors (Lipinski definition) is 15. The van der Waals surface area contributed by atoms with Crippen LogP contribution in [0.2, 0.25) is 0 Å². The van der Waals surface area contributed by atoms with Crippen LogP contribution in [-0.4, -0.2) is 230 Å². The van der Waals surface area contributed by atoms with Gasteiger partial charge in [0.15, 0.2) is 0 Å². The van der Waals surface area contributed by atoms with E-state index in [1.165, 1.54) is 89.8 Å². The van der Waals surface area contributed by atoms with E-state index in [2.05, 4.69) is 26.6 Å². The van der Waals surface area contributed by atoms with Crippen LogP contribution >= 0.6 is 0 Å². The fourth-order valence-electron chi connectivity index (χ4n) is 10.7. The molecule has 0 rings (SSSR count). The van der Waals surface area contributed by atoms with Gasteiger partial charge in [-0.05, 0) is 108 Å². The van der Waals surface area contributed by atoms with E-state index < -0.39 is 150 Å². The predicted molar refractivity (Wildman–Crippen MR) is 346 cm³/mol. The van der Waals surface area contributed by atoms with Gasteiger partial charge in [-0.3, -0.25) is 57.5 Å².